The number of likely N-dealkylation sites (tertiary alicyclic amines) is 1. The van der Waals surface area contributed by atoms with Crippen LogP contribution in [0.3, 0.4) is 0 Å². The van der Waals surface area contributed by atoms with Crippen molar-refractivity contribution in [3.05, 3.63) is 35.2 Å². The molecule has 2 heterocycles. The maximum Gasteiger partial charge on any atom is 0.326 e. The molecule has 0 spiro atoms. The number of carbonyl (C=O) groups excluding carboxylic acids is 4. The predicted molar refractivity (Wildman–Crippen MR) is 111 cm³/mol. The van der Waals surface area contributed by atoms with Gasteiger partial charge in [0, 0.05) is 23.5 Å². The minimum absolute atomic E-state index is 0.288. The molecule has 2 atom stereocenters. The van der Waals surface area contributed by atoms with Crippen LogP contribution >= 0.6 is 0 Å². The number of rotatable bonds is 8. The summed E-state index contributed by atoms with van der Waals surface area (Å²) in [6.07, 6.45) is 5.83. The number of hydrogen-bond acceptors (Lipinski definition) is 5. The summed E-state index contributed by atoms with van der Waals surface area (Å²) in [5.41, 5.74) is 2.39. The van der Waals surface area contributed by atoms with Crippen LogP contribution in [0.5, 0.6) is 0 Å². The van der Waals surface area contributed by atoms with Gasteiger partial charge < -0.3 is 9.30 Å². The second-order valence-electron chi connectivity index (χ2n) is 8.62. The van der Waals surface area contributed by atoms with Crippen LogP contribution in [-0.4, -0.2) is 46.2 Å². The Bertz CT molecular complexity index is 870. The van der Waals surface area contributed by atoms with E-state index >= 15 is 0 Å². The fourth-order valence-corrected chi connectivity index (χ4v) is 4.24. The van der Waals surface area contributed by atoms with Gasteiger partial charge in [0.15, 0.2) is 6.61 Å². The van der Waals surface area contributed by atoms with Crippen LogP contribution in [0, 0.1) is 31.6 Å². The third kappa shape index (κ3) is 4.40. The van der Waals surface area contributed by atoms with Crippen LogP contribution in [0.25, 0.3) is 0 Å². The minimum atomic E-state index is -0.745. The first-order valence-electron chi connectivity index (χ1n) is 10.6. The monoisotopic (exact) mass is 414 g/mol. The average molecular weight is 415 g/mol. The number of hydrogen-bond donors (Lipinski definition) is 0. The van der Waals surface area contributed by atoms with E-state index in [2.05, 4.69) is 18.4 Å². The van der Waals surface area contributed by atoms with E-state index < -0.39 is 19.1 Å². The van der Waals surface area contributed by atoms with Crippen molar-refractivity contribution in [3.63, 3.8) is 0 Å². The van der Waals surface area contributed by atoms with Gasteiger partial charge in [-0.3, -0.25) is 24.1 Å². The van der Waals surface area contributed by atoms with E-state index in [4.69, 9.17) is 4.74 Å². The first-order valence-corrected chi connectivity index (χ1v) is 10.6. The van der Waals surface area contributed by atoms with Crippen LogP contribution in [0.2, 0.25) is 0 Å². The van der Waals surface area contributed by atoms with Gasteiger partial charge in [-0.05, 0) is 45.1 Å². The summed E-state index contributed by atoms with van der Waals surface area (Å²) in [6, 6.07) is 1.82. The highest BCUT2D eigenvalue weighted by Gasteiger charge is 2.47. The molecular formula is C23H30N2O5. The lowest BCUT2D eigenvalue weighted by molar-refractivity contribution is -0.152. The third-order valence-electron chi connectivity index (χ3n) is 6.05. The largest absolute Gasteiger partial charge is 0.456 e. The average Bonchev–Trinajstić information content (AvgIpc) is 3.13. The van der Waals surface area contributed by atoms with Gasteiger partial charge in [0.25, 0.3) is 0 Å². The van der Waals surface area contributed by atoms with Crippen molar-refractivity contribution in [1.82, 2.24) is 9.47 Å². The van der Waals surface area contributed by atoms with Crippen molar-refractivity contribution >= 4 is 23.6 Å². The number of Topliss-reactive ketones (excluding diaryl/α,β-unsaturated/α-hetero) is 1. The van der Waals surface area contributed by atoms with Crippen LogP contribution in [0.4, 0.5) is 0 Å². The predicted octanol–water partition coefficient (Wildman–Crippen LogP) is 2.83. The van der Waals surface area contributed by atoms with E-state index in [9.17, 15) is 19.2 Å². The lowest BCUT2D eigenvalue weighted by Crippen LogP contribution is -2.37. The van der Waals surface area contributed by atoms with E-state index in [1.807, 2.05) is 32.1 Å². The SMILES string of the molecule is Cc1cc(C(=O)COC(=O)CN2C(=O)C3CC=CCC3C2=O)c(C)n1CCC(C)C. The molecule has 0 N–H and O–H groups in total. The molecule has 3 rings (SSSR count). The molecule has 1 aromatic heterocycles. The summed E-state index contributed by atoms with van der Waals surface area (Å²) in [5, 5.41) is 0. The van der Waals surface area contributed by atoms with Crippen molar-refractivity contribution in [2.24, 2.45) is 17.8 Å². The number of amides is 2. The van der Waals surface area contributed by atoms with Crippen LogP contribution in [0.1, 0.15) is 54.9 Å². The molecule has 2 unspecified atom stereocenters. The molecule has 1 aliphatic carbocycles. The molecule has 7 nitrogen and oxygen atoms in total. The Balaban J connectivity index is 1.56. The van der Waals surface area contributed by atoms with Gasteiger partial charge in [-0.2, -0.15) is 0 Å². The Morgan fingerprint density at radius 2 is 1.70 bits per heavy atom. The molecule has 0 radical (unpaired) electrons. The quantitative estimate of drug-likeness (QED) is 0.283. The highest BCUT2D eigenvalue weighted by atomic mass is 16.5. The Morgan fingerprint density at radius 3 is 2.27 bits per heavy atom. The van der Waals surface area contributed by atoms with Gasteiger partial charge in [0.05, 0.1) is 11.8 Å². The second kappa shape index (κ2) is 8.98. The van der Waals surface area contributed by atoms with Crippen molar-refractivity contribution < 1.29 is 23.9 Å². The Kier molecular flexibility index (Phi) is 6.58. The van der Waals surface area contributed by atoms with Crippen LogP contribution in [0.15, 0.2) is 18.2 Å². The smallest absolute Gasteiger partial charge is 0.326 e. The summed E-state index contributed by atoms with van der Waals surface area (Å²) in [6.45, 7) is 8.14. The molecular weight excluding hydrogens is 384 g/mol. The van der Waals surface area contributed by atoms with E-state index in [0.717, 1.165) is 29.3 Å². The minimum Gasteiger partial charge on any atom is -0.456 e. The molecule has 30 heavy (non-hydrogen) atoms. The maximum atomic E-state index is 12.6. The fourth-order valence-electron chi connectivity index (χ4n) is 4.24. The molecule has 7 heteroatoms. The summed E-state index contributed by atoms with van der Waals surface area (Å²) in [4.78, 5) is 50.7. The standard InChI is InChI=1S/C23H30N2O5/c1-14(2)9-10-24-15(3)11-19(16(24)4)20(26)13-30-21(27)12-25-22(28)17-7-5-6-8-18(17)23(25)29/h5-6,11,14,17-18H,7-10,12-13H2,1-4H3. The number of nitrogens with zero attached hydrogens (tertiary/aromatic N) is 2. The summed E-state index contributed by atoms with van der Waals surface area (Å²) >= 11 is 0. The molecule has 2 amide bonds. The number of esters is 1. The topological polar surface area (TPSA) is 85.7 Å². The number of aryl methyl sites for hydroxylation is 1. The highest BCUT2D eigenvalue weighted by molar-refractivity contribution is 6.07. The van der Waals surface area contributed by atoms with Crippen LogP contribution < -0.4 is 0 Å². The van der Waals surface area contributed by atoms with Gasteiger partial charge in [-0.15, -0.1) is 0 Å². The number of imide groups is 1. The van der Waals surface area contributed by atoms with Gasteiger partial charge in [-0.25, -0.2) is 0 Å². The lowest BCUT2D eigenvalue weighted by atomic mass is 9.85. The van der Waals surface area contributed by atoms with Crippen molar-refractivity contribution in [1.29, 1.82) is 0 Å². The summed E-state index contributed by atoms with van der Waals surface area (Å²) < 4.78 is 7.22. The highest BCUT2D eigenvalue weighted by Crippen LogP contribution is 2.34. The molecule has 0 aromatic carbocycles. The number of aromatic nitrogens is 1. The van der Waals surface area contributed by atoms with Gasteiger partial charge in [0.1, 0.15) is 6.54 Å². The number of carbonyl (C=O) groups is 4. The van der Waals surface area contributed by atoms with Gasteiger partial charge in [-0.1, -0.05) is 26.0 Å². The Hall–Kier alpha value is -2.70. The zero-order valence-corrected chi connectivity index (χ0v) is 18.1. The summed E-state index contributed by atoms with van der Waals surface area (Å²) in [5.74, 6) is -1.89. The number of ether oxygens (including phenoxy) is 1. The van der Waals surface area contributed by atoms with E-state index in [1.165, 1.54) is 0 Å². The molecule has 162 valence electrons. The van der Waals surface area contributed by atoms with Crippen LogP contribution in [-0.2, 0) is 25.7 Å². The molecule has 1 aromatic rings. The van der Waals surface area contributed by atoms with E-state index in [-0.39, 0.29) is 29.4 Å². The number of ketones is 1. The first-order chi connectivity index (χ1) is 14.2. The molecule has 0 bridgehead atoms. The summed E-state index contributed by atoms with van der Waals surface area (Å²) in [7, 11) is 0. The zero-order chi connectivity index (χ0) is 22.0. The zero-order valence-electron chi connectivity index (χ0n) is 18.1. The van der Waals surface area contributed by atoms with Crippen molar-refractivity contribution in [3.8, 4) is 0 Å². The van der Waals surface area contributed by atoms with E-state index in [0.29, 0.717) is 24.3 Å². The first kappa shape index (κ1) is 22.0. The van der Waals surface area contributed by atoms with Gasteiger partial charge >= 0.3 is 5.97 Å². The molecule has 2 aliphatic rings. The van der Waals surface area contributed by atoms with Crippen molar-refractivity contribution in [2.75, 3.05) is 13.2 Å². The lowest BCUT2D eigenvalue weighted by Gasteiger charge is -2.14. The van der Waals surface area contributed by atoms with Crippen molar-refractivity contribution in [2.45, 2.75) is 53.5 Å². The number of allylic oxidation sites excluding steroid dienone is 2. The molecule has 0 saturated carbocycles. The fraction of sp³-hybridized carbons (Fsp3) is 0.565. The van der Waals surface area contributed by atoms with E-state index in [1.54, 1.807) is 0 Å². The second-order valence-corrected chi connectivity index (χ2v) is 8.62. The molecule has 1 aliphatic heterocycles. The maximum absolute atomic E-state index is 12.6. The third-order valence-corrected chi connectivity index (χ3v) is 6.05. The molecule has 1 saturated heterocycles. The Labute approximate surface area is 177 Å². The van der Waals surface area contributed by atoms with Gasteiger partial charge in [0.2, 0.25) is 17.6 Å². The molecule has 1 fully saturated rings. The normalized spacial score (nSPS) is 20.8. The Morgan fingerprint density at radius 1 is 1.10 bits per heavy atom. The number of fused-ring (bicyclic) bond motifs is 1.